The van der Waals surface area contributed by atoms with E-state index in [-0.39, 0.29) is 11.8 Å². The second-order valence-corrected chi connectivity index (χ2v) is 8.12. The average molecular weight is 424 g/mol. The average Bonchev–Trinajstić information content (AvgIpc) is 3.27. The zero-order chi connectivity index (χ0) is 20.8. The van der Waals surface area contributed by atoms with Gasteiger partial charge in [0.1, 0.15) is 11.6 Å². The molecule has 0 unspecified atom stereocenters. The van der Waals surface area contributed by atoms with Gasteiger partial charge >= 0.3 is 0 Å². The van der Waals surface area contributed by atoms with Crippen LogP contribution in [0.25, 0.3) is 0 Å². The van der Waals surface area contributed by atoms with Crippen molar-refractivity contribution in [2.75, 3.05) is 25.1 Å². The molecule has 0 aliphatic carbocycles. The second-order valence-electron chi connectivity index (χ2n) is 7.39. The lowest BCUT2D eigenvalue weighted by Crippen LogP contribution is -2.43. The summed E-state index contributed by atoms with van der Waals surface area (Å²) in [6.45, 7) is 2.08. The molecule has 0 saturated carbocycles. The van der Waals surface area contributed by atoms with E-state index in [0.29, 0.717) is 19.5 Å². The standard InChI is InChI=1S/C22H25N5O2S/c1-29-19-8-2-5-16(11-19)12-20-25-22(30-26-20)27-10-4-7-18(15-27)21(28)24-14-17-6-3-9-23-13-17/h2-3,5-6,8-9,11,13,18H,4,7,10,12,14-15H2,1H3,(H,24,28)/t18-/m1/s1. The first-order valence-corrected chi connectivity index (χ1v) is 10.9. The Morgan fingerprint density at radius 3 is 3.03 bits per heavy atom. The first kappa shape index (κ1) is 20.3. The van der Waals surface area contributed by atoms with Gasteiger partial charge in [0.2, 0.25) is 11.0 Å². The lowest BCUT2D eigenvalue weighted by molar-refractivity contribution is -0.125. The van der Waals surface area contributed by atoms with Crippen molar-refractivity contribution >= 4 is 22.6 Å². The first-order valence-electron chi connectivity index (χ1n) is 10.1. The van der Waals surface area contributed by atoms with E-state index in [1.807, 2.05) is 36.4 Å². The molecule has 2 aromatic heterocycles. The van der Waals surface area contributed by atoms with E-state index in [0.717, 1.165) is 47.2 Å². The molecule has 0 radical (unpaired) electrons. The van der Waals surface area contributed by atoms with E-state index in [9.17, 15) is 4.79 Å². The quantitative estimate of drug-likeness (QED) is 0.629. The van der Waals surface area contributed by atoms with Crippen molar-refractivity contribution < 1.29 is 9.53 Å². The molecule has 8 heteroatoms. The number of nitrogens with one attached hydrogen (secondary N) is 1. The van der Waals surface area contributed by atoms with Gasteiger partial charge in [0.25, 0.3) is 0 Å². The molecule has 1 saturated heterocycles. The summed E-state index contributed by atoms with van der Waals surface area (Å²) in [7, 11) is 1.66. The summed E-state index contributed by atoms with van der Waals surface area (Å²) in [4.78, 5) is 23.7. The molecule has 1 atom stereocenters. The van der Waals surface area contributed by atoms with Crippen LogP contribution in [0.4, 0.5) is 5.13 Å². The highest BCUT2D eigenvalue weighted by atomic mass is 32.1. The van der Waals surface area contributed by atoms with Gasteiger partial charge in [-0.05, 0) is 42.2 Å². The van der Waals surface area contributed by atoms with Crippen LogP contribution in [0.3, 0.4) is 0 Å². The number of hydrogen-bond donors (Lipinski definition) is 1. The maximum absolute atomic E-state index is 12.7. The summed E-state index contributed by atoms with van der Waals surface area (Å²) in [5.74, 6) is 1.68. The van der Waals surface area contributed by atoms with Crippen molar-refractivity contribution in [1.29, 1.82) is 0 Å². The highest BCUT2D eigenvalue weighted by molar-refractivity contribution is 7.09. The summed E-state index contributed by atoms with van der Waals surface area (Å²) >= 11 is 1.40. The van der Waals surface area contributed by atoms with Crippen LogP contribution in [-0.2, 0) is 17.8 Å². The first-order chi connectivity index (χ1) is 14.7. The third-order valence-electron chi connectivity index (χ3n) is 5.21. The van der Waals surface area contributed by atoms with E-state index < -0.39 is 0 Å². The maximum atomic E-state index is 12.7. The third-order valence-corrected chi connectivity index (χ3v) is 6.02. The van der Waals surface area contributed by atoms with Crippen LogP contribution in [0, 0.1) is 5.92 Å². The molecule has 0 bridgehead atoms. The van der Waals surface area contributed by atoms with Crippen molar-refractivity contribution in [2.24, 2.45) is 5.92 Å². The normalized spacial score (nSPS) is 16.3. The summed E-state index contributed by atoms with van der Waals surface area (Å²) in [5, 5.41) is 3.93. The Hall–Kier alpha value is -3.00. The lowest BCUT2D eigenvalue weighted by atomic mass is 9.97. The van der Waals surface area contributed by atoms with Gasteiger partial charge in [-0.2, -0.15) is 4.37 Å². The van der Waals surface area contributed by atoms with Crippen molar-refractivity contribution in [1.82, 2.24) is 19.7 Å². The van der Waals surface area contributed by atoms with Crippen molar-refractivity contribution in [3.05, 3.63) is 65.7 Å². The molecule has 1 aromatic carbocycles. The van der Waals surface area contributed by atoms with Crippen LogP contribution in [0.2, 0.25) is 0 Å². The van der Waals surface area contributed by atoms with Crippen molar-refractivity contribution in [3.63, 3.8) is 0 Å². The Balaban J connectivity index is 1.34. The van der Waals surface area contributed by atoms with Gasteiger partial charge in [-0.15, -0.1) is 0 Å². The Morgan fingerprint density at radius 2 is 2.20 bits per heavy atom. The number of piperidine rings is 1. The SMILES string of the molecule is COc1cccc(Cc2nsc(N3CCC[C@@H](C(=O)NCc4cccnc4)C3)n2)c1. The van der Waals surface area contributed by atoms with Crippen LogP contribution in [0.1, 0.15) is 29.8 Å². The van der Waals surface area contributed by atoms with Gasteiger partial charge in [-0.25, -0.2) is 4.98 Å². The Morgan fingerprint density at radius 1 is 1.30 bits per heavy atom. The fraction of sp³-hybridized carbons (Fsp3) is 0.364. The summed E-state index contributed by atoms with van der Waals surface area (Å²) in [6, 6.07) is 11.8. The van der Waals surface area contributed by atoms with Gasteiger partial charge < -0.3 is 15.0 Å². The topological polar surface area (TPSA) is 80.2 Å². The highest BCUT2D eigenvalue weighted by Gasteiger charge is 2.27. The fourth-order valence-corrected chi connectivity index (χ4v) is 4.33. The molecule has 3 aromatic rings. The zero-order valence-corrected chi connectivity index (χ0v) is 17.8. The number of methoxy groups -OCH3 is 1. The summed E-state index contributed by atoms with van der Waals surface area (Å²) in [5.41, 5.74) is 2.12. The van der Waals surface area contributed by atoms with Crippen LogP contribution in [-0.4, -0.2) is 40.4 Å². The molecule has 1 amide bonds. The molecule has 1 aliphatic rings. The van der Waals surface area contributed by atoms with E-state index in [4.69, 9.17) is 9.72 Å². The Bertz CT molecular complexity index is 978. The van der Waals surface area contributed by atoms with Gasteiger partial charge in [-0.1, -0.05) is 18.2 Å². The van der Waals surface area contributed by atoms with Crippen LogP contribution in [0.5, 0.6) is 5.75 Å². The van der Waals surface area contributed by atoms with E-state index in [1.165, 1.54) is 11.5 Å². The van der Waals surface area contributed by atoms with Gasteiger partial charge in [0.05, 0.1) is 13.0 Å². The number of benzene rings is 1. The molecule has 156 valence electrons. The molecule has 0 spiro atoms. The number of carbonyl (C=O) groups excluding carboxylic acids is 1. The van der Waals surface area contributed by atoms with E-state index in [1.54, 1.807) is 19.5 Å². The number of carbonyl (C=O) groups is 1. The minimum Gasteiger partial charge on any atom is -0.497 e. The summed E-state index contributed by atoms with van der Waals surface area (Å²) < 4.78 is 9.82. The number of rotatable bonds is 7. The summed E-state index contributed by atoms with van der Waals surface area (Å²) in [6.07, 6.45) is 6.03. The van der Waals surface area contributed by atoms with Gasteiger partial charge in [0.15, 0.2) is 0 Å². The number of pyridine rings is 1. The maximum Gasteiger partial charge on any atom is 0.225 e. The molecule has 4 rings (SSSR count). The molecular weight excluding hydrogens is 398 g/mol. The number of anilines is 1. The Labute approximate surface area is 180 Å². The highest BCUT2D eigenvalue weighted by Crippen LogP contribution is 2.26. The molecule has 1 N–H and O–H groups in total. The van der Waals surface area contributed by atoms with E-state index in [2.05, 4.69) is 19.6 Å². The molecule has 7 nitrogen and oxygen atoms in total. The van der Waals surface area contributed by atoms with Crippen molar-refractivity contribution in [3.8, 4) is 5.75 Å². The minimum absolute atomic E-state index is 0.0406. The number of nitrogens with zero attached hydrogens (tertiary/aromatic N) is 4. The number of hydrogen-bond acceptors (Lipinski definition) is 7. The van der Waals surface area contributed by atoms with Crippen LogP contribution in [0.15, 0.2) is 48.8 Å². The minimum atomic E-state index is -0.0406. The number of aromatic nitrogens is 3. The van der Waals surface area contributed by atoms with Gasteiger partial charge in [-0.3, -0.25) is 9.78 Å². The third kappa shape index (κ3) is 5.13. The Kier molecular flexibility index (Phi) is 6.53. The molecular formula is C22H25N5O2S. The van der Waals surface area contributed by atoms with Crippen LogP contribution >= 0.6 is 11.5 Å². The number of amides is 1. The lowest BCUT2D eigenvalue weighted by Gasteiger charge is -2.31. The van der Waals surface area contributed by atoms with E-state index >= 15 is 0 Å². The number of ether oxygens (including phenoxy) is 1. The predicted molar refractivity (Wildman–Crippen MR) is 117 cm³/mol. The van der Waals surface area contributed by atoms with Gasteiger partial charge in [0, 0.05) is 50.0 Å². The van der Waals surface area contributed by atoms with Crippen LogP contribution < -0.4 is 15.0 Å². The molecule has 30 heavy (non-hydrogen) atoms. The fourth-order valence-electron chi connectivity index (χ4n) is 3.61. The largest absolute Gasteiger partial charge is 0.497 e. The molecule has 3 heterocycles. The zero-order valence-electron chi connectivity index (χ0n) is 17.0. The molecule has 1 aliphatic heterocycles. The monoisotopic (exact) mass is 423 g/mol. The smallest absolute Gasteiger partial charge is 0.225 e. The predicted octanol–water partition coefficient (Wildman–Crippen LogP) is 3.07. The molecule has 1 fully saturated rings. The van der Waals surface area contributed by atoms with Crippen molar-refractivity contribution in [2.45, 2.75) is 25.8 Å². The second kappa shape index (κ2) is 9.67.